The second-order valence-electron chi connectivity index (χ2n) is 4.59. The van der Waals surface area contributed by atoms with Gasteiger partial charge < -0.3 is 15.0 Å². The molecule has 0 aromatic rings. The van der Waals surface area contributed by atoms with Crippen molar-refractivity contribution >= 4 is 34.6 Å². The van der Waals surface area contributed by atoms with E-state index in [1.54, 1.807) is 4.90 Å². The molecule has 0 bridgehead atoms. The fourth-order valence-electron chi connectivity index (χ4n) is 1.87. The highest BCUT2D eigenvalue weighted by Crippen LogP contribution is 2.14. The summed E-state index contributed by atoms with van der Waals surface area (Å²) in [7, 11) is 0. The second kappa shape index (κ2) is 5.81. The lowest BCUT2D eigenvalue weighted by Crippen LogP contribution is -2.55. The number of hydrogen-bond donors (Lipinski definition) is 2. The minimum atomic E-state index is -0.495. The highest BCUT2D eigenvalue weighted by atomic mass is 127. The SMILES string of the molecule is CC(=O)N1CC(OC(=O)NC2=CC(C)=CC(I)N2)C1. The number of dihydropyridines is 1. The summed E-state index contributed by atoms with van der Waals surface area (Å²) in [5.41, 5.74) is 1.08. The van der Waals surface area contributed by atoms with Gasteiger partial charge in [0.1, 0.15) is 11.9 Å². The quantitative estimate of drug-likeness (QED) is 0.430. The first kappa shape index (κ1) is 14.2. The zero-order valence-electron chi connectivity index (χ0n) is 10.8. The fourth-order valence-corrected chi connectivity index (χ4v) is 2.77. The van der Waals surface area contributed by atoms with Gasteiger partial charge in [0.2, 0.25) is 5.91 Å². The van der Waals surface area contributed by atoms with E-state index in [1.807, 2.05) is 19.1 Å². The predicted octanol–water partition coefficient (Wildman–Crippen LogP) is 1.10. The van der Waals surface area contributed by atoms with Crippen LogP contribution in [0.25, 0.3) is 0 Å². The monoisotopic (exact) mass is 377 g/mol. The third kappa shape index (κ3) is 3.85. The minimum absolute atomic E-state index is 0.00503. The smallest absolute Gasteiger partial charge is 0.413 e. The van der Waals surface area contributed by atoms with Crippen LogP contribution in [0.1, 0.15) is 13.8 Å². The van der Waals surface area contributed by atoms with E-state index in [-0.39, 0.29) is 16.1 Å². The van der Waals surface area contributed by atoms with E-state index in [4.69, 9.17) is 4.74 Å². The van der Waals surface area contributed by atoms with Gasteiger partial charge in [-0.3, -0.25) is 10.1 Å². The summed E-state index contributed by atoms with van der Waals surface area (Å²) in [4.78, 5) is 24.3. The molecule has 0 spiro atoms. The van der Waals surface area contributed by atoms with Gasteiger partial charge in [-0.2, -0.15) is 0 Å². The van der Waals surface area contributed by atoms with Crippen LogP contribution < -0.4 is 10.6 Å². The summed E-state index contributed by atoms with van der Waals surface area (Å²) in [5, 5.41) is 5.77. The van der Waals surface area contributed by atoms with E-state index in [0.29, 0.717) is 18.9 Å². The van der Waals surface area contributed by atoms with Crippen LogP contribution in [-0.4, -0.2) is 40.1 Å². The summed E-state index contributed by atoms with van der Waals surface area (Å²) >= 11 is 2.22. The summed E-state index contributed by atoms with van der Waals surface area (Å²) < 4.78 is 5.34. The maximum Gasteiger partial charge on any atom is 0.413 e. The number of halogens is 1. The van der Waals surface area contributed by atoms with Gasteiger partial charge in [-0.05, 0) is 24.6 Å². The van der Waals surface area contributed by atoms with Crippen LogP contribution in [0.5, 0.6) is 0 Å². The average molecular weight is 377 g/mol. The molecule has 2 amide bonds. The van der Waals surface area contributed by atoms with Crippen LogP contribution in [-0.2, 0) is 9.53 Å². The number of ether oxygens (including phenoxy) is 1. The maximum absolute atomic E-state index is 11.7. The zero-order chi connectivity index (χ0) is 14.0. The van der Waals surface area contributed by atoms with Crippen LogP contribution in [0.15, 0.2) is 23.5 Å². The van der Waals surface area contributed by atoms with Crippen molar-refractivity contribution in [2.45, 2.75) is 24.0 Å². The topological polar surface area (TPSA) is 70.7 Å². The lowest BCUT2D eigenvalue weighted by atomic mass is 10.2. The first-order chi connectivity index (χ1) is 8.94. The molecule has 2 aliphatic heterocycles. The molecule has 2 rings (SSSR count). The predicted molar refractivity (Wildman–Crippen MR) is 78.4 cm³/mol. The number of nitrogens with zero attached hydrogens (tertiary/aromatic N) is 1. The Labute approximate surface area is 125 Å². The van der Waals surface area contributed by atoms with E-state index in [2.05, 4.69) is 33.2 Å². The minimum Gasteiger partial charge on any atom is -0.442 e. The lowest BCUT2D eigenvalue weighted by molar-refractivity contribution is -0.138. The normalized spacial score (nSPS) is 22.7. The van der Waals surface area contributed by atoms with Crippen molar-refractivity contribution in [3.8, 4) is 0 Å². The lowest BCUT2D eigenvalue weighted by Gasteiger charge is -2.37. The number of nitrogens with one attached hydrogen (secondary N) is 2. The molecule has 2 N–H and O–H groups in total. The molecule has 7 heteroatoms. The van der Waals surface area contributed by atoms with E-state index < -0.39 is 6.09 Å². The van der Waals surface area contributed by atoms with Crippen molar-refractivity contribution in [3.63, 3.8) is 0 Å². The molecule has 0 saturated carbocycles. The van der Waals surface area contributed by atoms with Crippen LogP contribution in [0.2, 0.25) is 0 Å². The Morgan fingerprint density at radius 1 is 1.53 bits per heavy atom. The first-order valence-corrected chi connectivity index (χ1v) is 7.22. The zero-order valence-corrected chi connectivity index (χ0v) is 12.9. The Morgan fingerprint density at radius 2 is 2.21 bits per heavy atom. The Morgan fingerprint density at radius 3 is 2.79 bits per heavy atom. The van der Waals surface area contributed by atoms with Gasteiger partial charge in [0, 0.05) is 6.92 Å². The van der Waals surface area contributed by atoms with Gasteiger partial charge in [-0.25, -0.2) is 4.79 Å². The third-order valence-electron chi connectivity index (χ3n) is 2.88. The number of likely N-dealkylation sites (tertiary alicyclic amines) is 1. The first-order valence-electron chi connectivity index (χ1n) is 5.98. The van der Waals surface area contributed by atoms with Crippen LogP contribution in [0, 0.1) is 0 Å². The van der Waals surface area contributed by atoms with Crippen molar-refractivity contribution in [3.05, 3.63) is 23.5 Å². The molecule has 0 aliphatic carbocycles. The van der Waals surface area contributed by atoms with Crippen molar-refractivity contribution < 1.29 is 14.3 Å². The fraction of sp³-hybridized carbons (Fsp3) is 0.500. The Bertz CT molecular complexity index is 455. The number of carbonyl (C=O) groups excluding carboxylic acids is 2. The van der Waals surface area contributed by atoms with Gasteiger partial charge in [-0.1, -0.05) is 22.6 Å². The second-order valence-corrected chi connectivity index (χ2v) is 5.93. The van der Waals surface area contributed by atoms with Crippen molar-refractivity contribution in [2.75, 3.05) is 13.1 Å². The molecule has 104 valence electrons. The molecule has 1 saturated heterocycles. The standard InChI is InChI=1S/C12H16IN3O3/c1-7-3-10(13)14-11(4-7)15-12(18)19-9-5-16(6-9)8(2)17/h3-4,9-10,14H,5-6H2,1-2H3,(H,15,18). The number of hydrogen-bond acceptors (Lipinski definition) is 4. The van der Waals surface area contributed by atoms with E-state index in [1.165, 1.54) is 6.92 Å². The molecule has 0 radical (unpaired) electrons. The van der Waals surface area contributed by atoms with E-state index in [0.717, 1.165) is 5.57 Å². The summed E-state index contributed by atoms with van der Waals surface area (Å²) in [6.07, 6.45) is 3.19. The van der Waals surface area contributed by atoms with Gasteiger partial charge in [-0.15, -0.1) is 0 Å². The van der Waals surface area contributed by atoms with Crippen LogP contribution >= 0.6 is 22.6 Å². The van der Waals surface area contributed by atoms with Crippen LogP contribution in [0.4, 0.5) is 4.79 Å². The Kier molecular flexibility index (Phi) is 4.33. The molecule has 6 nitrogen and oxygen atoms in total. The van der Waals surface area contributed by atoms with E-state index in [9.17, 15) is 9.59 Å². The van der Waals surface area contributed by atoms with Crippen LogP contribution in [0.3, 0.4) is 0 Å². The molecule has 1 unspecified atom stereocenters. The molecular formula is C12H16IN3O3. The molecule has 19 heavy (non-hydrogen) atoms. The maximum atomic E-state index is 11.7. The van der Waals surface area contributed by atoms with Gasteiger partial charge in [0.05, 0.1) is 17.1 Å². The molecule has 0 aromatic heterocycles. The number of alkyl carbamates (subject to hydrolysis) is 1. The Hall–Kier alpha value is -1.25. The molecule has 0 aromatic carbocycles. The van der Waals surface area contributed by atoms with Crippen molar-refractivity contribution in [1.29, 1.82) is 0 Å². The highest BCUT2D eigenvalue weighted by molar-refractivity contribution is 14.1. The van der Waals surface area contributed by atoms with Gasteiger partial charge in [0.25, 0.3) is 0 Å². The van der Waals surface area contributed by atoms with Gasteiger partial charge >= 0.3 is 6.09 Å². The van der Waals surface area contributed by atoms with Crippen molar-refractivity contribution in [1.82, 2.24) is 15.5 Å². The number of amides is 2. The molecule has 1 atom stereocenters. The number of carbonyl (C=O) groups is 2. The Balaban J connectivity index is 1.77. The summed E-state index contributed by atoms with van der Waals surface area (Å²) in [6.45, 7) is 4.42. The number of rotatable bonds is 2. The third-order valence-corrected chi connectivity index (χ3v) is 3.55. The van der Waals surface area contributed by atoms with Gasteiger partial charge in [0.15, 0.2) is 0 Å². The molecule has 2 heterocycles. The highest BCUT2D eigenvalue weighted by Gasteiger charge is 2.31. The molecular weight excluding hydrogens is 361 g/mol. The number of allylic oxidation sites excluding steroid dienone is 2. The summed E-state index contributed by atoms with van der Waals surface area (Å²) in [5.74, 6) is 0.637. The summed E-state index contributed by atoms with van der Waals surface area (Å²) in [6, 6.07) is 0. The molecule has 2 aliphatic rings. The average Bonchev–Trinajstić information content (AvgIpc) is 2.20. The largest absolute Gasteiger partial charge is 0.442 e. The molecule has 1 fully saturated rings. The van der Waals surface area contributed by atoms with E-state index >= 15 is 0 Å². The number of alkyl halides is 1. The van der Waals surface area contributed by atoms with Crippen molar-refractivity contribution in [2.24, 2.45) is 0 Å².